The predicted octanol–water partition coefficient (Wildman–Crippen LogP) is -0.0532. The average Bonchev–Trinajstić information content (AvgIpc) is 3.00. The minimum absolute atomic E-state index is 0.0557. The fourth-order valence-electron chi connectivity index (χ4n) is 2.93. The number of fused-ring (bicyclic) bond motifs is 1. The van der Waals surface area contributed by atoms with Crippen LogP contribution in [0.5, 0.6) is 0 Å². The molecule has 9 heteroatoms. The maximum atomic E-state index is 12.0. The van der Waals surface area contributed by atoms with Gasteiger partial charge in [0, 0.05) is 6.20 Å². The van der Waals surface area contributed by atoms with Crippen LogP contribution in [0.3, 0.4) is 0 Å². The summed E-state index contributed by atoms with van der Waals surface area (Å²) in [7, 11) is 0. The molecule has 1 aliphatic heterocycles. The monoisotopic (exact) mass is 352 g/mol. The lowest BCUT2D eigenvalue weighted by Gasteiger charge is -2.26. The Morgan fingerprint density at radius 3 is 2.96 bits per heavy atom. The Kier molecular flexibility index (Phi) is 4.05. The van der Waals surface area contributed by atoms with Crippen LogP contribution in [-0.2, 0) is 4.74 Å². The Bertz CT molecular complexity index is 896. The summed E-state index contributed by atoms with van der Waals surface area (Å²) in [6.45, 7) is 3.07. The number of nitrogens with one attached hydrogen (secondary N) is 1. The molecule has 0 radical (unpaired) electrons. The number of rotatable bonds is 2. The minimum atomic E-state index is -1.51. The molecule has 2 aromatic heterocycles. The lowest BCUT2D eigenvalue weighted by molar-refractivity contribution is -0.0751. The maximum Gasteiger partial charge on any atom is 0.261 e. The molecule has 5 atom stereocenters. The second-order valence-corrected chi connectivity index (χ2v) is 6.32. The van der Waals surface area contributed by atoms with Gasteiger partial charge in [-0.1, -0.05) is 17.5 Å². The molecule has 0 saturated carbocycles. The van der Waals surface area contributed by atoms with E-state index in [4.69, 9.17) is 22.1 Å². The maximum absolute atomic E-state index is 12.0. The topological polar surface area (TPSA) is 126 Å². The van der Waals surface area contributed by atoms with Gasteiger partial charge in [-0.25, -0.2) is 0 Å². The molecule has 24 heavy (non-hydrogen) atoms. The summed E-state index contributed by atoms with van der Waals surface area (Å²) < 4.78 is 7.26. The number of hydrogen-bond acceptors (Lipinski definition) is 6. The highest BCUT2D eigenvalue weighted by Gasteiger charge is 2.57. The second-order valence-electron chi connectivity index (χ2n) is 5.69. The van der Waals surface area contributed by atoms with Crippen LogP contribution in [0, 0.1) is 11.8 Å². The van der Waals surface area contributed by atoms with E-state index in [1.807, 2.05) is 0 Å². The lowest BCUT2D eigenvalue weighted by Crippen LogP contribution is -2.43. The van der Waals surface area contributed by atoms with E-state index in [1.165, 1.54) is 11.5 Å². The van der Waals surface area contributed by atoms with Gasteiger partial charge in [-0.2, -0.15) is 4.98 Å². The van der Waals surface area contributed by atoms with E-state index in [9.17, 15) is 15.0 Å². The molecule has 1 fully saturated rings. The molecule has 1 aliphatic rings. The van der Waals surface area contributed by atoms with Crippen LogP contribution < -0.4 is 11.3 Å². The molecule has 0 aromatic carbocycles. The first-order chi connectivity index (χ1) is 11.3. The normalized spacial score (nSPS) is 31.0. The third-order valence-electron chi connectivity index (χ3n) is 4.03. The Morgan fingerprint density at radius 2 is 2.33 bits per heavy atom. The molecule has 0 spiro atoms. The van der Waals surface area contributed by atoms with E-state index in [-0.39, 0.29) is 11.6 Å². The van der Waals surface area contributed by atoms with Crippen LogP contribution in [0.1, 0.15) is 20.1 Å². The van der Waals surface area contributed by atoms with Crippen LogP contribution in [0.4, 0.5) is 5.95 Å². The van der Waals surface area contributed by atoms with Crippen molar-refractivity contribution < 1.29 is 14.9 Å². The Morgan fingerprint density at radius 1 is 1.62 bits per heavy atom. The van der Waals surface area contributed by atoms with E-state index >= 15 is 0 Å². The van der Waals surface area contributed by atoms with Gasteiger partial charge in [0.2, 0.25) is 5.95 Å². The van der Waals surface area contributed by atoms with Crippen LogP contribution in [-0.4, -0.2) is 47.9 Å². The lowest BCUT2D eigenvalue weighted by atomic mass is 9.97. The molecular formula is C15H17ClN4O4. The first kappa shape index (κ1) is 16.8. The highest BCUT2D eigenvalue weighted by atomic mass is 35.5. The van der Waals surface area contributed by atoms with Gasteiger partial charge in [-0.05, 0) is 19.9 Å². The average molecular weight is 353 g/mol. The van der Waals surface area contributed by atoms with Crippen molar-refractivity contribution in [2.24, 2.45) is 0 Å². The van der Waals surface area contributed by atoms with Crippen molar-refractivity contribution in [2.75, 3.05) is 5.73 Å². The quantitative estimate of drug-likeness (QED) is 0.443. The summed E-state index contributed by atoms with van der Waals surface area (Å²) in [4.78, 5) is 17.0. The predicted molar refractivity (Wildman–Crippen MR) is 88.4 cm³/mol. The number of nitrogens with two attached hydrogens (primary N) is 1. The zero-order valence-electron chi connectivity index (χ0n) is 13.0. The van der Waals surface area contributed by atoms with Crippen molar-refractivity contribution in [1.29, 1.82) is 0 Å². The molecule has 2 unspecified atom stereocenters. The second kappa shape index (κ2) is 5.79. The smallest absolute Gasteiger partial charge is 0.261 e. The van der Waals surface area contributed by atoms with Crippen LogP contribution >= 0.6 is 11.6 Å². The van der Waals surface area contributed by atoms with Crippen LogP contribution in [0.25, 0.3) is 11.0 Å². The van der Waals surface area contributed by atoms with Crippen molar-refractivity contribution >= 4 is 28.6 Å². The van der Waals surface area contributed by atoms with Gasteiger partial charge in [0.1, 0.15) is 12.2 Å². The molecular weight excluding hydrogens is 336 g/mol. The van der Waals surface area contributed by atoms with Gasteiger partial charge in [-0.15, -0.1) is 5.92 Å². The Balaban J connectivity index is 2.20. The van der Waals surface area contributed by atoms with Crippen molar-refractivity contribution in [3.8, 4) is 11.8 Å². The van der Waals surface area contributed by atoms with Gasteiger partial charge in [0.15, 0.2) is 16.7 Å². The molecule has 2 aromatic rings. The molecule has 3 rings (SSSR count). The number of nitrogens with zero attached hydrogens (tertiary/aromatic N) is 2. The van der Waals surface area contributed by atoms with Gasteiger partial charge in [0.25, 0.3) is 5.56 Å². The van der Waals surface area contributed by atoms with E-state index in [0.29, 0.717) is 5.39 Å². The molecule has 0 aliphatic carbocycles. The molecule has 3 heterocycles. The van der Waals surface area contributed by atoms with E-state index < -0.39 is 35.0 Å². The summed E-state index contributed by atoms with van der Waals surface area (Å²) in [5, 5.41) is 20.7. The number of aliphatic hydroxyl groups is 2. The molecule has 5 N–H and O–H groups in total. The van der Waals surface area contributed by atoms with E-state index in [2.05, 4.69) is 21.8 Å². The van der Waals surface area contributed by atoms with Crippen molar-refractivity contribution in [1.82, 2.24) is 14.5 Å². The third-order valence-corrected chi connectivity index (χ3v) is 4.54. The fourth-order valence-corrected chi connectivity index (χ4v) is 3.30. The number of halogens is 1. The molecule has 0 amide bonds. The van der Waals surface area contributed by atoms with E-state index in [0.717, 1.165) is 0 Å². The Labute approximate surface area is 142 Å². The first-order valence-electron chi connectivity index (χ1n) is 7.30. The molecule has 0 bridgehead atoms. The number of ether oxygens (including phenoxy) is 1. The highest BCUT2D eigenvalue weighted by Crippen LogP contribution is 2.45. The number of nitrogen functional groups attached to an aromatic ring is 1. The molecule has 8 nitrogen and oxygen atoms in total. The Hall–Kier alpha value is -2.05. The number of aromatic nitrogens is 3. The fraction of sp³-hybridized carbons (Fsp3) is 0.467. The number of alkyl halides is 1. The SMILES string of the molecule is CC#CC1(Cl)C(O)[C@@H]([C@H](C)O)O[C@H]1n1ccc2c(=O)[nH]c(N)nc21. The number of aliphatic hydroxyl groups excluding tert-OH is 2. The van der Waals surface area contributed by atoms with Gasteiger partial charge < -0.3 is 25.3 Å². The van der Waals surface area contributed by atoms with E-state index in [1.54, 1.807) is 19.2 Å². The standard InChI is InChI=1S/C15H17ClN4O4/c1-3-5-15(16)10(22)9(7(2)21)24-13(15)20-6-4-8-11(20)18-14(17)19-12(8)23/h4,6-7,9-10,13,21-22H,1-2H3,(H3,17,18,19,23)/t7-,9+,10?,13+,15?/m0/s1. The van der Waals surface area contributed by atoms with Crippen molar-refractivity contribution in [2.45, 2.75) is 43.3 Å². The number of aromatic amines is 1. The van der Waals surface area contributed by atoms with Gasteiger partial charge in [0.05, 0.1) is 11.5 Å². The van der Waals surface area contributed by atoms with Crippen LogP contribution in [0.2, 0.25) is 0 Å². The number of H-pyrrole nitrogens is 1. The third kappa shape index (κ3) is 2.37. The summed E-state index contributed by atoms with van der Waals surface area (Å²) in [6.07, 6.45) is -2.56. The van der Waals surface area contributed by atoms with Crippen molar-refractivity contribution in [3.63, 3.8) is 0 Å². The zero-order valence-corrected chi connectivity index (χ0v) is 13.8. The zero-order chi connectivity index (χ0) is 17.6. The van der Waals surface area contributed by atoms with Crippen molar-refractivity contribution in [3.05, 3.63) is 22.6 Å². The minimum Gasteiger partial charge on any atom is -0.391 e. The summed E-state index contributed by atoms with van der Waals surface area (Å²) in [6, 6.07) is 1.54. The number of hydrogen-bond donors (Lipinski definition) is 4. The number of anilines is 1. The molecule has 128 valence electrons. The largest absolute Gasteiger partial charge is 0.391 e. The molecule has 1 saturated heterocycles. The van der Waals surface area contributed by atoms with Gasteiger partial charge in [-0.3, -0.25) is 9.78 Å². The summed E-state index contributed by atoms with van der Waals surface area (Å²) in [5.74, 6) is 5.37. The van der Waals surface area contributed by atoms with Gasteiger partial charge >= 0.3 is 0 Å². The highest BCUT2D eigenvalue weighted by molar-refractivity contribution is 6.27. The first-order valence-corrected chi connectivity index (χ1v) is 7.68. The summed E-state index contributed by atoms with van der Waals surface area (Å²) >= 11 is 6.57. The van der Waals surface area contributed by atoms with Crippen LogP contribution in [0.15, 0.2) is 17.1 Å². The summed E-state index contributed by atoms with van der Waals surface area (Å²) in [5.41, 5.74) is 5.46.